The lowest BCUT2D eigenvalue weighted by molar-refractivity contribution is 0.104. The standard InChI is InChI=1S/C14H15IOS2/c1-10-4-3-5-11(6-10)12(16)7-13-17-9-14(2,8-15)18-13/h3-7H,8-9H2,1-2H3/b13-7-. The van der Waals surface area contributed by atoms with Crippen molar-refractivity contribution >= 4 is 51.9 Å². The van der Waals surface area contributed by atoms with Crippen molar-refractivity contribution in [1.82, 2.24) is 0 Å². The van der Waals surface area contributed by atoms with E-state index in [2.05, 4.69) is 29.5 Å². The van der Waals surface area contributed by atoms with Gasteiger partial charge in [0.15, 0.2) is 5.78 Å². The third-order valence-corrected chi connectivity index (χ3v) is 7.97. The highest BCUT2D eigenvalue weighted by atomic mass is 127. The number of hydrogen-bond donors (Lipinski definition) is 0. The van der Waals surface area contributed by atoms with E-state index in [1.165, 1.54) is 0 Å². The highest BCUT2D eigenvalue weighted by Crippen LogP contribution is 2.49. The molecule has 0 aromatic heterocycles. The number of alkyl halides is 1. The lowest BCUT2D eigenvalue weighted by atomic mass is 10.1. The Balaban J connectivity index is 2.13. The smallest absolute Gasteiger partial charge is 0.187 e. The van der Waals surface area contributed by atoms with Gasteiger partial charge in [-0.05, 0) is 19.9 Å². The number of benzene rings is 1. The summed E-state index contributed by atoms with van der Waals surface area (Å²) < 4.78 is 2.54. The SMILES string of the molecule is Cc1cccc(C(=O)/C=C2/SCC(C)(CI)S2)c1. The van der Waals surface area contributed by atoms with Gasteiger partial charge in [0.05, 0.1) is 0 Å². The van der Waals surface area contributed by atoms with Crippen molar-refractivity contribution in [1.29, 1.82) is 0 Å². The van der Waals surface area contributed by atoms with Gasteiger partial charge in [-0.25, -0.2) is 0 Å². The van der Waals surface area contributed by atoms with Crippen molar-refractivity contribution in [2.75, 3.05) is 10.2 Å². The third kappa shape index (κ3) is 3.54. The molecule has 0 N–H and O–H groups in total. The second-order valence-corrected chi connectivity index (χ2v) is 8.34. The summed E-state index contributed by atoms with van der Waals surface area (Å²) >= 11 is 6.05. The molecule has 1 fully saturated rings. The van der Waals surface area contributed by atoms with Crippen LogP contribution in [0.5, 0.6) is 0 Å². The average Bonchev–Trinajstić information content (AvgIpc) is 2.72. The van der Waals surface area contributed by atoms with Crippen LogP contribution in [0.4, 0.5) is 0 Å². The third-order valence-electron chi connectivity index (χ3n) is 2.70. The summed E-state index contributed by atoms with van der Waals surface area (Å²) in [4.78, 5) is 12.1. The van der Waals surface area contributed by atoms with Crippen molar-refractivity contribution < 1.29 is 4.79 Å². The Bertz CT molecular complexity index is 498. The molecule has 0 radical (unpaired) electrons. The normalized spacial score (nSPS) is 25.6. The molecule has 2 rings (SSSR count). The molecule has 1 unspecified atom stereocenters. The zero-order chi connectivity index (χ0) is 13.2. The van der Waals surface area contributed by atoms with E-state index in [0.29, 0.717) is 0 Å². The van der Waals surface area contributed by atoms with Gasteiger partial charge >= 0.3 is 0 Å². The zero-order valence-corrected chi connectivity index (χ0v) is 14.2. The minimum Gasteiger partial charge on any atom is -0.289 e. The van der Waals surface area contributed by atoms with E-state index >= 15 is 0 Å². The first-order valence-corrected chi connectivity index (χ1v) is 9.06. The Morgan fingerprint density at radius 2 is 2.33 bits per heavy atom. The van der Waals surface area contributed by atoms with E-state index < -0.39 is 0 Å². The summed E-state index contributed by atoms with van der Waals surface area (Å²) in [5, 5.41) is 0. The fraction of sp³-hybridized carbons (Fsp3) is 0.357. The molecule has 96 valence electrons. The van der Waals surface area contributed by atoms with E-state index in [4.69, 9.17) is 0 Å². The van der Waals surface area contributed by atoms with Crippen molar-refractivity contribution in [2.24, 2.45) is 0 Å². The molecule has 0 spiro atoms. The summed E-state index contributed by atoms with van der Waals surface area (Å²) in [6.07, 6.45) is 1.79. The number of hydrogen-bond acceptors (Lipinski definition) is 3. The summed E-state index contributed by atoms with van der Waals surface area (Å²) in [6.45, 7) is 4.27. The van der Waals surface area contributed by atoms with Crippen LogP contribution < -0.4 is 0 Å². The molecule has 1 aliphatic rings. The first-order chi connectivity index (χ1) is 8.52. The Morgan fingerprint density at radius 1 is 1.56 bits per heavy atom. The first-order valence-electron chi connectivity index (χ1n) is 5.73. The van der Waals surface area contributed by atoms with Crippen LogP contribution in [0.1, 0.15) is 22.8 Å². The second-order valence-electron chi connectivity index (χ2n) is 4.67. The Kier molecular flexibility index (Phi) is 4.83. The maximum atomic E-state index is 12.1. The van der Waals surface area contributed by atoms with Gasteiger partial charge in [0.25, 0.3) is 0 Å². The minimum absolute atomic E-state index is 0.117. The van der Waals surface area contributed by atoms with Gasteiger partial charge in [-0.1, -0.05) is 46.4 Å². The summed E-state index contributed by atoms with van der Waals surface area (Å²) in [7, 11) is 0. The molecule has 1 saturated heterocycles. The van der Waals surface area contributed by atoms with E-state index in [-0.39, 0.29) is 10.5 Å². The summed E-state index contributed by atoms with van der Waals surface area (Å²) in [6, 6.07) is 7.77. The summed E-state index contributed by atoms with van der Waals surface area (Å²) in [5.74, 6) is 1.21. The monoisotopic (exact) mass is 390 g/mol. The van der Waals surface area contributed by atoms with Crippen LogP contribution in [0.25, 0.3) is 0 Å². The van der Waals surface area contributed by atoms with Crippen LogP contribution in [0, 0.1) is 6.92 Å². The van der Waals surface area contributed by atoms with Gasteiger partial charge in [0.2, 0.25) is 0 Å². The molecule has 1 nitrogen and oxygen atoms in total. The maximum absolute atomic E-state index is 12.1. The molecule has 1 aliphatic heterocycles. The molecular formula is C14H15IOS2. The highest BCUT2D eigenvalue weighted by molar-refractivity contribution is 14.1. The van der Waals surface area contributed by atoms with E-state index in [1.807, 2.05) is 43.0 Å². The Morgan fingerprint density at radius 3 is 2.94 bits per heavy atom. The quantitative estimate of drug-likeness (QED) is 0.323. The van der Waals surface area contributed by atoms with Gasteiger partial charge in [0.1, 0.15) is 0 Å². The van der Waals surface area contributed by atoms with E-state index in [9.17, 15) is 4.79 Å². The van der Waals surface area contributed by atoms with Gasteiger partial charge in [-0.2, -0.15) is 0 Å². The molecule has 1 aromatic carbocycles. The molecule has 4 heteroatoms. The largest absolute Gasteiger partial charge is 0.289 e. The number of thioether (sulfide) groups is 2. The fourth-order valence-electron chi connectivity index (χ4n) is 1.65. The van der Waals surface area contributed by atoms with Crippen LogP contribution in [0.15, 0.2) is 34.6 Å². The van der Waals surface area contributed by atoms with E-state index in [1.54, 1.807) is 17.8 Å². The molecule has 1 heterocycles. The number of rotatable bonds is 3. The van der Waals surface area contributed by atoms with Crippen molar-refractivity contribution in [2.45, 2.75) is 18.6 Å². The lowest BCUT2D eigenvalue weighted by Crippen LogP contribution is -2.20. The lowest BCUT2D eigenvalue weighted by Gasteiger charge is -2.16. The van der Waals surface area contributed by atoms with Crippen molar-refractivity contribution in [3.63, 3.8) is 0 Å². The second kappa shape index (κ2) is 6.01. The van der Waals surface area contributed by atoms with Gasteiger partial charge in [0, 0.05) is 30.8 Å². The Labute approximate surface area is 130 Å². The molecule has 0 saturated carbocycles. The van der Waals surface area contributed by atoms with Crippen LogP contribution in [-0.2, 0) is 0 Å². The highest BCUT2D eigenvalue weighted by Gasteiger charge is 2.32. The minimum atomic E-state index is 0.117. The number of halogens is 1. The number of carbonyl (C=O) groups is 1. The molecule has 18 heavy (non-hydrogen) atoms. The number of ketones is 1. The van der Waals surface area contributed by atoms with Crippen LogP contribution in [0.3, 0.4) is 0 Å². The summed E-state index contributed by atoms with van der Waals surface area (Å²) in [5.41, 5.74) is 1.91. The first kappa shape index (κ1) is 14.5. The zero-order valence-electron chi connectivity index (χ0n) is 10.4. The van der Waals surface area contributed by atoms with Crippen molar-refractivity contribution in [3.05, 3.63) is 45.7 Å². The van der Waals surface area contributed by atoms with E-state index in [0.717, 1.165) is 25.5 Å². The van der Waals surface area contributed by atoms with Crippen LogP contribution >= 0.6 is 46.1 Å². The number of carbonyl (C=O) groups excluding carboxylic acids is 1. The predicted octanol–water partition coefficient (Wildman–Crippen LogP) is 4.69. The van der Waals surface area contributed by atoms with Gasteiger partial charge in [-0.3, -0.25) is 4.79 Å². The molecule has 0 aliphatic carbocycles. The fourth-order valence-corrected chi connectivity index (χ4v) is 5.63. The average molecular weight is 390 g/mol. The molecule has 1 atom stereocenters. The van der Waals surface area contributed by atoms with Crippen molar-refractivity contribution in [3.8, 4) is 0 Å². The van der Waals surface area contributed by atoms with Crippen LogP contribution in [0.2, 0.25) is 0 Å². The van der Waals surface area contributed by atoms with Gasteiger partial charge < -0.3 is 0 Å². The molecular weight excluding hydrogens is 375 g/mol. The van der Waals surface area contributed by atoms with Crippen LogP contribution in [-0.4, -0.2) is 20.7 Å². The Hall–Kier alpha value is 0.0600. The molecule has 0 bridgehead atoms. The number of allylic oxidation sites excluding steroid dienone is 1. The maximum Gasteiger partial charge on any atom is 0.187 e. The molecule has 1 aromatic rings. The predicted molar refractivity (Wildman–Crippen MR) is 90.9 cm³/mol. The number of aryl methyl sites for hydroxylation is 1. The topological polar surface area (TPSA) is 17.1 Å². The van der Waals surface area contributed by atoms with Gasteiger partial charge in [-0.15, -0.1) is 23.5 Å². The molecule has 0 amide bonds.